The molecule has 2 bridgehead atoms. The van der Waals surface area contributed by atoms with Crippen molar-refractivity contribution >= 4 is 0 Å². The molecule has 2 saturated heterocycles. The molecular weight excluding hydrogens is 112 g/mol. The second kappa shape index (κ2) is 1.51. The van der Waals surface area contributed by atoms with Gasteiger partial charge in [-0.3, -0.25) is 0 Å². The molecule has 9 heavy (non-hydrogen) atoms. The van der Waals surface area contributed by atoms with Crippen molar-refractivity contribution in [2.24, 2.45) is 5.92 Å². The van der Waals surface area contributed by atoms with E-state index in [9.17, 15) is 0 Å². The van der Waals surface area contributed by atoms with Crippen LogP contribution < -0.4 is 0 Å². The minimum absolute atomic E-state index is 0.351. The van der Waals surface area contributed by atoms with E-state index in [4.69, 9.17) is 4.74 Å². The zero-order chi connectivity index (χ0) is 6.48. The van der Waals surface area contributed by atoms with E-state index in [2.05, 4.69) is 13.8 Å². The molecule has 0 aromatic heterocycles. The molecular formula is C8H14O. The van der Waals surface area contributed by atoms with Gasteiger partial charge in [-0.15, -0.1) is 0 Å². The quantitative estimate of drug-likeness (QED) is 0.522. The molecule has 3 rings (SSSR count). The first-order valence-corrected chi connectivity index (χ1v) is 3.93. The molecule has 1 nitrogen and oxygen atoms in total. The summed E-state index contributed by atoms with van der Waals surface area (Å²) in [6.45, 7) is 4.53. The summed E-state index contributed by atoms with van der Waals surface area (Å²) in [5.41, 5.74) is 0.351. The summed E-state index contributed by atoms with van der Waals surface area (Å²) >= 11 is 0. The van der Waals surface area contributed by atoms with Gasteiger partial charge >= 0.3 is 0 Å². The highest BCUT2D eigenvalue weighted by Gasteiger charge is 2.54. The van der Waals surface area contributed by atoms with Crippen LogP contribution in [0, 0.1) is 5.92 Å². The molecule has 0 amide bonds. The minimum atomic E-state index is 0.351. The number of rotatable bonds is 1. The van der Waals surface area contributed by atoms with E-state index in [0.717, 1.165) is 5.92 Å². The third kappa shape index (κ3) is 0.586. The van der Waals surface area contributed by atoms with Gasteiger partial charge in [0.25, 0.3) is 0 Å². The molecule has 1 aliphatic carbocycles. The lowest BCUT2D eigenvalue weighted by Gasteiger charge is -2.38. The van der Waals surface area contributed by atoms with E-state index in [-0.39, 0.29) is 0 Å². The van der Waals surface area contributed by atoms with E-state index in [1.807, 2.05) is 0 Å². The largest absolute Gasteiger partial charge is 0.371 e. The molecule has 2 heterocycles. The van der Waals surface area contributed by atoms with Crippen molar-refractivity contribution < 1.29 is 4.74 Å². The molecule has 0 aromatic rings. The summed E-state index contributed by atoms with van der Waals surface area (Å²) < 4.78 is 5.70. The van der Waals surface area contributed by atoms with Crippen molar-refractivity contribution in [3.8, 4) is 0 Å². The third-order valence-corrected chi connectivity index (χ3v) is 2.95. The van der Waals surface area contributed by atoms with Gasteiger partial charge in [-0.1, -0.05) is 13.8 Å². The van der Waals surface area contributed by atoms with Gasteiger partial charge in [-0.25, -0.2) is 0 Å². The van der Waals surface area contributed by atoms with Gasteiger partial charge in [0.05, 0.1) is 11.7 Å². The number of hydrogen-bond donors (Lipinski definition) is 0. The van der Waals surface area contributed by atoms with E-state index in [1.165, 1.54) is 19.3 Å². The van der Waals surface area contributed by atoms with Crippen molar-refractivity contribution in [1.82, 2.24) is 0 Å². The Morgan fingerprint density at radius 3 is 2.44 bits per heavy atom. The molecule has 1 saturated carbocycles. The van der Waals surface area contributed by atoms with Gasteiger partial charge in [0, 0.05) is 6.42 Å². The Morgan fingerprint density at radius 2 is 2.22 bits per heavy atom. The van der Waals surface area contributed by atoms with Crippen LogP contribution in [0.15, 0.2) is 0 Å². The fourth-order valence-electron chi connectivity index (χ4n) is 2.22. The lowest BCUT2D eigenvalue weighted by atomic mass is 9.95. The monoisotopic (exact) mass is 126 g/mol. The Balaban J connectivity index is 2.09. The second-order valence-electron chi connectivity index (χ2n) is 3.58. The van der Waals surface area contributed by atoms with Crippen molar-refractivity contribution in [2.45, 2.75) is 44.8 Å². The fraction of sp³-hybridized carbons (Fsp3) is 1.00. The Morgan fingerprint density at radius 1 is 1.56 bits per heavy atom. The first-order chi connectivity index (χ1) is 4.26. The molecule has 0 N–H and O–H groups in total. The first-order valence-electron chi connectivity index (χ1n) is 3.93. The molecule has 3 aliphatic rings. The van der Waals surface area contributed by atoms with Crippen LogP contribution in [-0.4, -0.2) is 11.7 Å². The van der Waals surface area contributed by atoms with Crippen molar-refractivity contribution in [2.75, 3.05) is 0 Å². The lowest BCUT2D eigenvalue weighted by Crippen LogP contribution is -2.41. The Kier molecular flexibility index (Phi) is 0.963. The van der Waals surface area contributed by atoms with Crippen LogP contribution in [0.25, 0.3) is 0 Å². The highest BCUT2D eigenvalue weighted by Crippen LogP contribution is 2.52. The highest BCUT2D eigenvalue weighted by molar-refractivity contribution is 5.03. The maximum absolute atomic E-state index is 5.70. The van der Waals surface area contributed by atoms with E-state index < -0.39 is 0 Å². The van der Waals surface area contributed by atoms with Crippen LogP contribution in [-0.2, 0) is 4.74 Å². The van der Waals surface area contributed by atoms with Crippen molar-refractivity contribution in [1.29, 1.82) is 0 Å². The van der Waals surface area contributed by atoms with E-state index in [0.29, 0.717) is 11.7 Å². The average Bonchev–Trinajstić information content (AvgIpc) is 2.18. The SMILES string of the molecule is CCC12CC(C)C(C1)O2. The van der Waals surface area contributed by atoms with Crippen LogP contribution in [0.4, 0.5) is 0 Å². The van der Waals surface area contributed by atoms with Crippen LogP contribution in [0.3, 0.4) is 0 Å². The molecule has 1 heteroatoms. The van der Waals surface area contributed by atoms with Crippen molar-refractivity contribution in [3.05, 3.63) is 0 Å². The number of ether oxygens (including phenoxy) is 1. The van der Waals surface area contributed by atoms with Crippen LogP contribution >= 0.6 is 0 Å². The van der Waals surface area contributed by atoms with Crippen LogP contribution in [0.2, 0.25) is 0 Å². The Bertz CT molecular complexity index is 125. The number of fused-ring (bicyclic) bond motifs is 1. The van der Waals surface area contributed by atoms with Crippen LogP contribution in [0.1, 0.15) is 33.1 Å². The van der Waals surface area contributed by atoms with Gasteiger partial charge in [0.15, 0.2) is 0 Å². The fourth-order valence-corrected chi connectivity index (χ4v) is 2.22. The van der Waals surface area contributed by atoms with E-state index in [1.54, 1.807) is 0 Å². The topological polar surface area (TPSA) is 9.23 Å². The maximum Gasteiger partial charge on any atom is 0.0712 e. The summed E-state index contributed by atoms with van der Waals surface area (Å²) in [6.07, 6.45) is 4.50. The average molecular weight is 126 g/mol. The molecule has 2 aliphatic heterocycles. The summed E-state index contributed by atoms with van der Waals surface area (Å²) in [6, 6.07) is 0. The highest BCUT2D eigenvalue weighted by atomic mass is 16.5. The molecule has 0 radical (unpaired) electrons. The zero-order valence-corrected chi connectivity index (χ0v) is 6.18. The first kappa shape index (κ1) is 5.72. The smallest absolute Gasteiger partial charge is 0.0712 e. The third-order valence-electron chi connectivity index (χ3n) is 2.95. The normalized spacial score (nSPS) is 55.3. The van der Waals surface area contributed by atoms with Gasteiger partial charge in [-0.05, 0) is 18.8 Å². The maximum atomic E-state index is 5.70. The number of hydrogen-bond acceptors (Lipinski definition) is 1. The van der Waals surface area contributed by atoms with Gasteiger partial charge in [0.2, 0.25) is 0 Å². The predicted octanol–water partition coefficient (Wildman–Crippen LogP) is 1.96. The van der Waals surface area contributed by atoms with Crippen LogP contribution in [0.5, 0.6) is 0 Å². The lowest BCUT2D eigenvalue weighted by molar-refractivity contribution is -0.156. The standard InChI is InChI=1S/C8H14O/c1-3-8-4-6(2)7(5-8)9-8/h6-7H,3-5H2,1-2H3. The summed E-state index contributed by atoms with van der Waals surface area (Å²) in [4.78, 5) is 0. The Hall–Kier alpha value is -0.0400. The second-order valence-corrected chi connectivity index (χ2v) is 3.58. The van der Waals surface area contributed by atoms with Gasteiger partial charge in [-0.2, -0.15) is 0 Å². The molecule has 3 fully saturated rings. The van der Waals surface area contributed by atoms with Gasteiger partial charge in [0.1, 0.15) is 0 Å². The molecule has 0 spiro atoms. The van der Waals surface area contributed by atoms with Crippen molar-refractivity contribution in [3.63, 3.8) is 0 Å². The van der Waals surface area contributed by atoms with E-state index >= 15 is 0 Å². The Labute approximate surface area is 56.4 Å². The predicted molar refractivity (Wildman–Crippen MR) is 36.3 cm³/mol. The molecule has 0 aromatic carbocycles. The zero-order valence-electron chi connectivity index (χ0n) is 6.18. The van der Waals surface area contributed by atoms with Gasteiger partial charge < -0.3 is 4.74 Å². The summed E-state index contributed by atoms with van der Waals surface area (Å²) in [5, 5.41) is 0. The summed E-state index contributed by atoms with van der Waals surface area (Å²) in [5.74, 6) is 0.838. The summed E-state index contributed by atoms with van der Waals surface area (Å²) in [7, 11) is 0. The minimum Gasteiger partial charge on any atom is -0.371 e. The molecule has 52 valence electrons. The molecule has 3 atom stereocenters. The molecule has 3 unspecified atom stereocenters.